The van der Waals surface area contributed by atoms with Gasteiger partial charge in [-0.15, -0.1) is 0 Å². The van der Waals surface area contributed by atoms with Crippen LogP contribution in [-0.2, 0) is 0 Å². The summed E-state index contributed by atoms with van der Waals surface area (Å²) in [5.74, 6) is 2.06. The van der Waals surface area contributed by atoms with Gasteiger partial charge in [-0.2, -0.15) is 0 Å². The number of nitrogens with zero attached hydrogens (tertiary/aromatic N) is 2. The molecule has 0 aliphatic carbocycles. The first-order chi connectivity index (χ1) is 19.9. The fourth-order valence-corrected chi connectivity index (χ4v) is 7.34. The minimum absolute atomic E-state index is 0.144. The van der Waals surface area contributed by atoms with E-state index in [1.54, 1.807) is 12.1 Å². The van der Waals surface area contributed by atoms with Crippen molar-refractivity contribution >= 4 is 38.3 Å². The third kappa shape index (κ3) is 5.48. The van der Waals surface area contributed by atoms with Gasteiger partial charge in [0.05, 0.1) is 23.2 Å². The quantitative estimate of drug-likeness (QED) is 0.272. The zero-order valence-corrected chi connectivity index (χ0v) is 31.0. The summed E-state index contributed by atoms with van der Waals surface area (Å²) in [4.78, 5) is 9.62. The standard InChI is InChI=1S/C36H52BrFN4O2/c1-20-26-27(39-22(3)40-30(26)41-25-17-16-23(37)18-24(25)38)21(2)28(29(20)44-31(4,5)6)43-19-36(15)32(7,8)34(11,12)42-35(13,14)33(36,9)10/h16-18,42H,19H2,1-15H3,(H,39,40,41). The Bertz CT molecular complexity index is 1580. The minimum Gasteiger partial charge on any atom is -0.489 e. The van der Waals surface area contributed by atoms with Gasteiger partial charge in [-0.25, -0.2) is 14.4 Å². The molecular formula is C36H52BrFN4O2. The lowest BCUT2D eigenvalue weighted by Gasteiger charge is -2.70. The Labute approximate surface area is 272 Å². The van der Waals surface area contributed by atoms with Crippen molar-refractivity contribution in [2.75, 3.05) is 11.9 Å². The molecule has 6 nitrogen and oxygen atoms in total. The lowest BCUT2D eigenvalue weighted by Crippen LogP contribution is -2.78. The first-order valence-electron chi connectivity index (χ1n) is 15.5. The van der Waals surface area contributed by atoms with Gasteiger partial charge in [0.15, 0.2) is 11.5 Å². The molecule has 2 aromatic carbocycles. The predicted molar refractivity (Wildman–Crippen MR) is 184 cm³/mol. The van der Waals surface area contributed by atoms with E-state index in [4.69, 9.17) is 19.4 Å². The monoisotopic (exact) mass is 670 g/mol. The molecule has 1 saturated heterocycles. The second-order valence-electron chi connectivity index (χ2n) is 16.0. The van der Waals surface area contributed by atoms with Crippen LogP contribution < -0.4 is 20.1 Å². The highest BCUT2D eigenvalue weighted by Gasteiger charge is 2.67. The first-order valence-corrected chi connectivity index (χ1v) is 16.3. The molecule has 0 unspecified atom stereocenters. The molecule has 3 aromatic rings. The number of hydrogen-bond acceptors (Lipinski definition) is 6. The normalized spacial score (nSPS) is 19.9. The molecule has 1 aliphatic heterocycles. The zero-order valence-electron chi connectivity index (χ0n) is 29.4. The van der Waals surface area contributed by atoms with Crippen molar-refractivity contribution in [3.05, 3.63) is 45.4 Å². The first kappa shape index (κ1) is 34.4. The highest BCUT2D eigenvalue weighted by Crippen LogP contribution is 2.64. The van der Waals surface area contributed by atoms with Crippen LogP contribution in [0.5, 0.6) is 11.5 Å². The van der Waals surface area contributed by atoms with Gasteiger partial charge in [-0.1, -0.05) is 50.5 Å². The van der Waals surface area contributed by atoms with Crippen molar-refractivity contribution in [1.82, 2.24) is 15.3 Å². The summed E-state index contributed by atoms with van der Waals surface area (Å²) < 4.78 is 29.3. The Balaban J connectivity index is 1.93. The van der Waals surface area contributed by atoms with E-state index in [2.05, 4.69) is 88.9 Å². The molecule has 2 N–H and O–H groups in total. The fraction of sp³-hybridized carbons (Fsp3) is 0.611. The summed E-state index contributed by atoms with van der Waals surface area (Å²) in [7, 11) is 0. The van der Waals surface area contributed by atoms with Gasteiger partial charge in [-0.3, -0.25) is 0 Å². The molecule has 1 fully saturated rings. The van der Waals surface area contributed by atoms with Gasteiger partial charge in [0.1, 0.15) is 23.1 Å². The number of ether oxygens (including phenoxy) is 2. The molecule has 0 radical (unpaired) electrons. The molecule has 1 aromatic heterocycles. The van der Waals surface area contributed by atoms with Crippen molar-refractivity contribution < 1.29 is 13.9 Å². The topological polar surface area (TPSA) is 68.3 Å². The number of hydrogen-bond donors (Lipinski definition) is 2. The maximum atomic E-state index is 14.9. The van der Waals surface area contributed by atoms with Crippen LogP contribution in [0.4, 0.5) is 15.9 Å². The lowest BCUT2D eigenvalue weighted by molar-refractivity contribution is -0.191. The zero-order chi connectivity index (χ0) is 33.4. The molecule has 1 aliphatic rings. The van der Waals surface area contributed by atoms with Crippen molar-refractivity contribution in [2.24, 2.45) is 16.2 Å². The smallest absolute Gasteiger partial charge is 0.166 e. The number of aryl methyl sites for hydroxylation is 3. The Morgan fingerprint density at radius 3 is 1.95 bits per heavy atom. The number of aromatic nitrogens is 2. The number of nitrogens with one attached hydrogen (secondary N) is 2. The number of piperidine rings is 1. The van der Waals surface area contributed by atoms with Crippen LogP contribution in [0.25, 0.3) is 10.9 Å². The number of halogens is 2. The molecule has 0 amide bonds. The fourth-order valence-electron chi connectivity index (χ4n) is 7.00. The van der Waals surface area contributed by atoms with E-state index >= 15 is 0 Å². The third-order valence-electron chi connectivity index (χ3n) is 11.2. The van der Waals surface area contributed by atoms with Gasteiger partial charge in [0.25, 0.3) is 0 Å². The number of rotatable bonds is 6. The molecule has 8 heteroatoms. The minimum atomic E-state index is -0.499. The molecule has 0 spiro atoms. The SMILES string of the molecule is Cc1nc(Nc2ccc(Br)cc2F)c2c(C)c(OC(C)(C)C)c(OCC3(C)C(C)(C)C(C)(C)NC(C)(C)C3(C)C)c(C)c2n1. The average Bonchev–Trinajstić information content (AvgIpc) is 2.85. The maximum absolute atomic E-state index is 14.9. The van der Waals surface area contributed by atoms with Gasteiger partial charge in [-0.05, 0) is 98.3 Å². The molecule has 0 bridgehead atoms. The highest BCUT2D eigenvalue weighted by atomic mass is 79.9. The van der Waals surface area contributed by atoms with Crippen molar-refractivity contribution in [1.29, 1.82) is 0 Å². The summed E-state index contributed by atoms with van der Waals surface area (Å²) in [6, 6.07) is 4.93. The second-order valence-corrected chi connectivity index (χ2v) is 16.9. The van der Waals surface area contributed by atoms with E-state index in [1.165, 1.54) is 6.07 Å². The van der Waals surface area contributed by atoms with Gasteiger partial charge in [0.2, 0.25) is 0 Å². The Kier molecular flexibility index (Phi) is 8.47. The summed E-state index contributed by atoms with van der Waals surface area (Å²) >= 11 is 3.35. The Hall–Kier alpha value is -2.45. The van der Waals surface area contributed by atoms with Crippen LogP contribution in [-0.4, -0.2) is 33.3 Å². The summed E-state index contributed by atoms with van der Waals surface area (Å²) in [6.07, 6.45) is 0. The van der Waals surface area contributed by atoms with Crippen molar-refractivity contribution in [3.8, 4) is 11.5 Å². The summed E-state index contributed by atoms with van der Waals surface area (Å²) in [5.41, 5.74) is 1.43. The van der Waals surface area contributed by atoms with E-state index in [0.717, 1.165) is 22.0 Å². The van der Waals surface area contributed by atoms with Crippen LogP contribution in [0.3, 0.4) is 0 Å². The lowest BCUT2D eigenvalue weighted by atomic mass is 9.41. The molecule has 4 rings (SSSR count). The van der Waals surface area contributed by atoms with Crippen LogP contribution in [0.1, 0.15) is 100 Å². The molecule has 0 saturated carbocycles. The average molecular weight is 672 g/mol. The molecule has 2 heterocycles. The summed E-state index contributed by atoms with van der Waals surface area (Å²) in [6.45, 7) is 33.4. The number of fused-ring (bicyclic) bond motifs is 1. The van der Waals surface area contributed by atoms with Crippen LogP contribution in [0.2, 0.25) is 0 Å². The van der Waals surface area contributed by atoms with E-state index in [-0.39, 0.29) is 33.1 Å². The van der Waals surface area contributed by atoms with Crippen molar-refractivity contribution in [2.45, 2.75) is 121 Å². The van der Waals surface area contributed by atoms with Crippen LogP contribution in [0, 0.1) is 42.8 Å². The van der Waals surface area contributed by atoms with E-state index in [0.29, 0.717) is 39.9 Å². The van der Waals surface area contributed by atoms with E-state index in [9.17, 15) is 4.39 Å². The number of benzene rings is 2. The Morgan fingerprint density at radius 1 is 0.864 bits per heavy atom. The van der Waals surface area contributed by atoms with Crippen LogP contribution >= 0.6 is 15.9 Å². The van der Waals surface area contributed by atoms with E-state index in [1.807, 2.05) is 41.5 Å². The molecule has 242 valence electrons. The molecular weight excluding hydrogens is 619 g/mol. The second kappa shape index (κ2) is 10.8. The maximum Gasteiger partial charge on any atom is 0.166 e. The Morgan fingerprint density at radius 2 is 1.43 bits per heavy atom. The van der Waals surface area contributed by atoms with Gasteiger partial charge in [0, 0.05) is 32.1 Å². The summed E-state index contributed by atoms with van der Waals surface area (Å²) in [5, 5.41) is 7.97. The van der Waals surface area contributed by atoms with Gasteiger partial charge >= 0.3 is 0 Å². The number of anilines is 2. The van der Waals surface area contributed by atoms with Gasteiger partial charge < -0.3 is 20.1 Å². The predicted octanol–water partition coefficient (Wildman–Crippen LogP) is 9.98. The third-order valence-corrected chi connectivity index (χ3v) is 11.7. The molecule has 44 heavy (non-hydrogen) atoms. The molecule has 0 atom stereocenters. The van der Waals surface area contributed by atoms with Crippen molar-refractivity contribution in [3.63, 3.8) is 0 Å². The highest BCUT2D eigenvalue weighted by molar-refractivity contribution is 9.10. The van der Waals surface area contributed by atoms with Crippen LogP contribution in [0.15, 0.2) is 22.7 Å². The largest absolute Gasteiger partial charge is 0.489 e. The van der Waals surface area contributed by atoms with E-state index < -0.39 is 5.60 Å².